The van der Waals surface area contributed by atoms with Gasteiger partial charge in [-0.25, -0.2) is 4.98 Å². The van der Waals surface area contributed by atoms with Gasteiger partial charge in [0.25, 0.3) is 0 Å². The number of fused-ring (bicyclic) bond motifs is 1. The molecule has 30 heavy (non-hydrogen) atoms. The Hall–Kier alpha value is -2.86. The Kier molecular flexibility index (Phi) is 6.33. The minimum atomic E-state index is -0.296. The zero-order valence-electron chi connectivity index (χ0n) is 17.7. The first-order valence-corrected chi connectivity index (χ1v) is 10.6. The molecule has 0 spiro atoms. The highest BCUT2D eigenvalue weighted by molar-refractivity contribution is 5.81. The molecule has 0 bridgehead atoms. The maximum Gasteiger partial charge on any atom is 0.249 e. The molecule has 0 radical (unpaired) electrons. The van der Waals surface area contributed by atoms with Gasteiger partial charge in [0.2, 0.25) is 5.91 Å². The topological polar surface area (TPSA) is 65.4 Å². The van der Waals surface area contributed by atoms with Gasteiger partial charge in [0, 0.05) is 19.6 Å². The van der Waals surface area contributed by atoms with Crippen molar-refractivity contribution in [2.75, 3.05) is 19.8 Å². The highest BCUT2D eigenvalue weighted by Crippen LogP contribution is 2.19. The number of aromatic nitrogens is 2. The van der Waals surface area contributed by atoms with Gasteiger partial charge < -0.3 is 19.4 Å². The largest absolute Gasteiger partial charge is 0.492 e. The highest BCUT2D eigenvalue weighted by atomic mass is 16.5. The van der Waals surface area contributed by atoms with Crippen LogP contribution in [0.15, 0.2) is 42.5 Å². The van der Waals surface area contributed by atoms with Gasteiger partial charge in [0.15, 0.2) is 0 Å². The Labute approximate surface area is 177 Å². The summed E-state index contributed by atoms with van der Waals surface area (Å²) in [6, 6.07) is 14.4. The number of benzene rings is 2. The van der Waals surface area contributed by atoms with Crippen LogP contribution in [-0.2, 0) is 22.5 Å². The summed E-state index contributed by atoms with van der Waals surface area (Å²) in [7, 11) is 0. The third kappa shape index (κ3) is 4.82. The summed E-state index contributed by atoms with van der Waals surface area (Å²) in [4.78, 5) is 17.0. The number of hydrogen-bond acceptors (Lipinski definition) is 4. The highest BCUT2D eigenvalue weighted by Gasteiger charge is 2.23. The fourth-order valence-electron chi connectivity index (χ4n) is 4.03. The van der Waals surface area contributed by atoms with E-state index >= 15 is 0 Å². The van der Waals surface area contributed by atoms with Crippen LogP contribution in [0.4, 0.5) is 0 Å². The maximum absolute atomic E-state index is 12.2. The summed E-state index contributed by atoms with van der Waals surface area (Å²) >= 11 is 0. The molecule has 1 aromatic heterocycles. The summed E-state index contributed by atoms with van der Waals surface area (Å²) in [5, 5.41) is 2.99. The molecule has 6 heteroatoms. The number of carbonyl (C=O) groups excluding carboxylic acids is 1. The number of amides is 1. The zero-order chi connectivity index (χ0) is 20.9. The number of nitrogens with one attached hydrogen (secondary N) is 1. The van der Waals surface area contributed by atoms with E-state index in [1.165, 1.54) is 11.1 Å². The van der Waals surface area contributed by atoms with Gasteiger partial charge >= 0.3 is 0 Å². The molecule has 4 rings (SSSR count). The first-order chi connectivity index (χ1) is 14.6. The van der Waals surface area contributed by atoms with Crippen molar-refractivity contribution in [3.8, 4) is 5.75 Å². The van der Waals surface area contributed by atoms with Gasteiger partial charge in [-0.15, -0.1) is 0 Å². The second-order valence-corrected chi connectivity index (χ2v) is 7.88. The van der Waals surface area contributed by atoms with Crippen LogP contribution < -0.4 is 10.1 Å². The standard InChI is InChI=1S/C24H29N3O3/c1-17-14-18(2)16-19(15-17)29-13-11-27-21-7-4-3-6-20(21)26-23(27)9-10-25-24(28)22-8-5-12-30-22/h3-4,6-7,14-16,22H,5,8-13H2,1-2H3,(H,25,28). The van der Waals surface area contributed by atoms with E-state index in [0.717, 1.165) is 35.4 Å². The summed E-state index contributed by atoms with van der Waals surface area (Å²) in [5.41, 5.74) is 4.44. The third-order valence-corrected chi connectivity index (χ3v) is 5.38. The number of rotatable bonds is 8. The summed E-state index contributed by atoms with van der Waals surface area (Å²) in [6.07, 6.45) is 2.13. The number of carbonyl (C=O) groups is 1. The fraction of sp³-hybridized carbons (Fsp3) is 0.417. The normalized spacial score (nSPS) is 16.1. The van der Waals surface area contributed by atoms with E-state index < -0.39 is 0 Å². The van der Waals surface area contributed by atoms with Gasteiger partial charge in [-0.3, -0.25) is 4.79 Å². The van der Waals surface area contributed by atoms with Crippen LogP contribution in [0.3, 0.4) is 0 Å². The molecule has 1 aliphatic heterocycles. The van der Waals surface area contributed by atoms with Crippen molar-refractivity contribution in [2.24, 2.45) is 0 Å². The Bertz CT molecular complexity index is 1000. The quantitative estimate of drug-likeness (QED) is 0.620. The Morgan fingerprint density at radius 3 is 2.80 bits per heavy atom. The lowest BCUT2D eigenvalue weighted by Crippen LogP contribution is -2.35. The van der Waals surface area contributed by atoms with Crippen LogP contribution in [0, 0.1) is 13.8 Å². The lowest BCUT2D eigenvalue weighted by Gasteiger charge is -2.13. The van der Waals surface area contributed by atoms with Crippen LogP contribution in [-0.4, -0.2) is 41.3 Å². The number of aryl methyl sites for hydroxylation is 2. The minimum absolute atomic E-state index is 0.0201. The third-order valence-electron chi connectivity index (χ3n) is 5.38. The molecule has 1 N–H and O–H groups in total. The van der Waals surface area contributed by atoms with Gasteiger partial charge in [-0.05, 0) is 62.1 Å². The van der Waals surface area contributed by atoms with E-state index in [9.17, 15) is 4.79 Å². The second kappa shape index (κ2) is 9.30. The number of hydrogen-bond donors (Lipinski definition) is 1. The van der Waals surface area contributed by atoms with Crippen LogP contribution >= 0.6 is 0 Å². The van der Waals surface area contributed by atoms with Crippen molar-refractivity contribution in [3.05, 3.63) is 59.4 Å². The lowest BCUT2D eigenvalue weighted by atomic mass is 10.1. The van der Waals surface area contributed by atoms with E-state index in [4.69, 9.17) is 14.5 Å². The van der Waals surface area contributed by atoms with E-state index in [2.05, 4.69) is 48.0 Å². The van der Waals surface area contributed by atoms with Crippen LogP contribution in [0.25, 0.3) is 11.0 Å². The second-order valence-electron chi connectivity index (χ2n) is 7.88. The first kappa shape index (κ1) is 20.4. The molecule has 0 aliphatic carbocycles. The van der Waals surface area contributed by atoms with Gasteiger partial charge in [0.1, 0.15) is 24.3 Å². The molecule has 158 valence electrons. The van der Waals surface area contributed by atoms with E-state index in [1.54, 1.807) is 0 Å². The number of para-hydroxylation sites is 2. The molecular weight excluding hydrogens is 378 g/mol. The molecule has 3 aromatic rings. The molecule has 6 nitrogen and oxygen atoms in total. The number of imidazole rings is 1. The van der Waals surface area contributed by atoms with Gasteiger partial charge in [-0.1, -0.05) is 18.2 Å². The predicted molar refractivity (Wildman–Crippen MR) is 117 cm³/mol. The Balaban J connectivity index is 1.41. The number of nitrogens with zero attached hydrogens (tertiary/aromatic N) is 2. The Morgan fingerprint density at radius 1 is 1.23 bits per heavy atom. The molecule has 1 unspecified atom stereocenters. The minimum Gasteiger partial charge on any atom is -0.492 e. The average molecular weight is 408 g/mol. The van der Waals surface area contributed by atoms with Crippen molar-refractivity contribution < 1.29 is 14.3 Å². The fourth-order valence-corrected chi connectivity index (χ4v) is 4.03. The molecule has 2 aromatic carbocycles. The van der Waals surface area contributed by atoms with Crippen molar-refractivity contribution in [1.82, 2.24) is 14.9 Å². The molecular formula is C24H29N3O3. The van der Waals surface area contributed by atoms with Crippen molar-refractivity contribution in [2.45, 2.75) is 45.8 Å². The summed E-state index contributed by atoms with van der Waals surface area (Å²) < 4.78 is 13.7. The van der Waals surface area contributed by atoms with Gasteiger partial charge in [-0.2, -0.15) is 0 Å². The van der Waals surface area contributed by atoms with Crippen molar-refractivity contribution >= 4 is 16.9 Å². The summed E-state index contributed by atoms with van der Waals surface area (Å²) in [6.45, 7) is 6.62. The van der Waals surface area contributed by atoms with E-state index in [0.29, 0.717) is 32.7 Å². The van der Waals surface area contributed by atoms with E-state index in [1.807, 2.05) is 18.2 Å². The van der Waals surface area contributed by atoms with Crippen LogP contribution in [0.2, 0.25) is 0 Å². The lowest BCUT2D eigenvalue weighted by molar-refractivity contribution is -0.130. The summed E-state index contributed by atoms with van der Waals surface area (Å²) in [5.74, 6) is 1.82. The van der Waals surface area contributed by atoms with Crippen molar-refractivity contribution in [3.63, 3.8) is 0 Å². The zero-order valence-corrected chi connectivity index (χ0v) is 17.7. The van der Waals surface area contributed by atoms with Gasteiger partial charge in [0.05, 0.1) is 17.6 Å². The number of ether oxygens (including phenoxy) is 2. The molecule has 1 fully saturated rings. The monoisotopic (exact) mass is 407 g/mol. The molecule has 1 saturated heterocycles. The van der Waals surface area contributed by atoms with Crippen molar-refractivity contribution in [1.29, 1.82) is 0 Å². The molecule has 1 atom stereocenters. The molecule has 1 amide bonds. The van der Waals surface area contributed by atoms with Crippen LogP contribution in [0.5, 0.6) is 5.75 Å². The SMILES string of the molecule is Cc1cc(C)cc(OCCn2c(CCNC(=O)C3CCCO3)nc3ccccc32)c1. The predicted octanol–water partition coefficient (Wildman–Crippen LogP) is 3.57. The smallest absolute Gasteiger partial charge is 0.249 e. The Morgan fingerprint density at radius 2 is 2.03 bits per heavy atom. The molecule has 2 heterocycles. The molecule has 1 aliphatic rings. The average Bonchev–Trinajstić information content (AvgIpc) is 3.36. The maximum atomic E-state index is 12.2. The van der Waals surface area contributed by atoms with Crippen LogP contribution in [0.1, 0.15) is 29.8 Å². The first-order valence-electron chi connectivity index (χ1n) is 10.6. The van der Waals surface area contributed by atoms with E-state index in [-0.39, 0.29) is 12.0 Å². The molecule has 0 saturated carbocycles.